The monoisotopic (exact) mass is 352 g/mol. The highest BCUT2D eigenvalue weighted by molar-refractivity contribution is 6.03. The molecule has 132 valence electrons. The van der Waals surface area contributed by atoms with Crippen LogP contribution in [-0.2, 0) is 11.3 Å². The molecule has 0 aliphatic rings. The van der Waals surface area contributed by atoms with Gasteiger partial charge in [-0.25, -0.2) is 4.79 Å². The number of ether oxygens (including phenoxy) is 1. The van der Waals surface area contributed by atoms with E-state index in [0.29, 0.717) is 17.0 Å². The molecule has 3 rings (SSSR count). The van der Waals surface area contributed by atoms with Crippen LogP contribution in [0, 0.1) is 0 Å². The van der Waals surface area contributed by atoms with Gasteiger partial charge in [0.1, 0.15) is 5.76 Å². The van der Waals surface area contributed by atoms with Gasteiger partial charge in [-0.05, 0) is 36.4 Å². The van der Waals surface area contributed by atoms with Gasteiger partial charge in [-0.2, -0.15) is 0 Å². The van der Waals surface area contributed by atoms with Crippen LogP contribution >= 0.6 is 0 Å². The number of rotatable bonds is 5. The molecule has 1 amide bonds. The second-order valence-corrected chi connectivity index (χ2v) is 5.46. The summed E-state index contributed by atoms with van der Waals surface area (Å²) in [6.45, 7) is 0.227. The number of carbonyl (C=O) groups excluding carboxylic acids is 2. The van der Waals surface area contributed by atoms with E-state index in [0.717, 1.165) is 0 Å². The van der Waals surface area contributed by atoms with Crippen molar-refractivity contribution in [3.63, 3.8) is 0 Å². The Hall–Kier alpha value is -3.61. The highest BCUT2D eigenvalue weighted by Gasteiger charge is 2.13. The van der Waals surface area contributed by atoms with Gasteiger partial charge in [0.05, 0.1) is 19.2 Å². The highest BCUT2D eigenvalue weighted by atomic mass is 16.5. The standard InChI is InChI=1S/C19H16N2O5/c1-25-19(24)13-5-4-6-14(11-13)20-18(23)16-9-8-15(26-16)12-21-10-3-2-7-17(21)22/h2-11H,12H2,1H3,(H,20,23). The van der Waals surface area contributed by atoms with Crippen molar-refractivity contribution in [1.82, 2.24) is 4.57 Å². The number of nitrogens with one attached hydrogen (secondary N) is 1. The summed E-state index contributed by atoms with van der Waals surface area (Å²) >= 11 is 0. The average Bonchev–Trinajstić information content (AvgIpc) is 3.12. The number of benzene rings is 1. The topological polar surface area (TPSA) is 90.5 Å². The third kappa shape index (κ3) is 3.89. The summed E-state index contributed by atoms with van der Waals surface area (Å²) in [5, 5.41) is 2.66. The molecule has 0 bridgehead atoms. The van der Waals surface area contributed by atoms with Crippen LogP contribution in [0.25, 0.3) is 0 Å². The maximum absolute atomic E-state index is 12.3. The number of hydrogen-bond donors (Lipinski definition) is 1. The smallest absolute Gasteiger partial charge is 0.337 e. The first-order chi connectivity index (χ1) is 12.6. The van der Waals surface area contributed by atoms with Gasteiger partial charge in [-0.1, -0.05) is 12.1 Å². The van der Waals surface area contributed by atoms with Crippen molar-refractivity contribution < 1.29 is 18.7 Å². The van der Waals surface area contributed by atoms with Crippen LogP contribution < -0.4 is 10.9 Å². The predicted molar refractivity (Wildman–Crippen MR) is 94.2 cm³/mol. The molecule has 2 aromatic heterocycles. The van der Waals surface area contributed by atoms with Crippen molar-refractivity contribution >= 4 is 17.6 Å². The summed E-state index contributed by atoms with van der Waals surface area (Å²) in [4.78, 5) is 35.6. The van der Waals surface area contributed by atoms with Gasteiger partial charge in [0, 0.05) is 18.0 Å². The zero-order valence-electron chi connectivity index (χ0n) is 14.0. The zero-order chi connectivity index (χ0) is 18.5. The SMILES string of the molecule is COC(=O)c1cccc(NC(=O)c2ccc(Cn3ccccc3=O)o2)c1. The molecule has 0 aliphatic heterocycles. The minimum atomic E-state index is -0.491. The molecule has 3 aromatic rings. The number of furan rings is 1. The van der Waals surface area contributed by atoms with Crippen LogP contribution in [0.5, 0.6) is 0 Å². The molecule has 0 spiro atoms. The van der Waals surface area contributed by atoms with Crippen LogP contribution in [0.3, 0.4) is 0 Å². The predicted octanol–water partition coefficient (Wildman–Crippen LogP) is 2.53. The lowest BCUT2D eigenvalue weighted by Crippen LogP contribution is -2.18. The van der Waals surface area contributed by atoms with Crippen LogP contribution in [0.1, 0.15) is 26.7 Å². The Morgan fingerprint density at radius 1 is 1.12 bits per heavy atom. The first-order valence-electron chi connectivity index (χ1n) is 7.81. The average molecular weight is 352 g/mol. The molecule has 0 aliphatic carbocycles. The number of amides is 1. The number of aromatic nitrogens is 1. The molecule has 7 heteroatoms. The normalized spacial score (nSPS) is 10.3. The minimum absolute atomic E-state index is 0.104. The Labute approximate surface area is 148 Å². The quantitative estimate of drug-likeness (QED) is 0.713. The second kappa shape index (κ2) is 7.52. The van der Waals surface area contributed by atoms with E-state index in [2.05, 4.69) is 10.1 Å². The summed E-state index contributed by atoms with van der Waals surface area (Å²) in [6.07, 6.45) is 1.64. The largest absolute Gasteiger partial charge is 0.465 e. The molecule has 26 heavy (non-hydrogen) atoms. The van der Waals surface area contributed by atoms with Crippen molar-refractivity contribution in [2.75, 3.05) is 12.4 Å². The maximum Gasteiger partial charge on any atom is 0.337 e. The van der Waals surface area contributed by atoms with Crippen LogP contribution in [0.4, 0.5) is 5.69 Å². The van der Waals surface area contributed by atoms with Crippen LogP contribution in [-0.4, -0.2) is 23.6 Å². The molecule has 0 unspecified atom stereocenters. The van der Waals surface area contributed by atoms with Gasteiger partial charge < -0.3 is 19.0 Å². The lowest BCUT2D eigenvalue weighted by molar-refractivity contribution is 0.0600. The van der Waals surface area contributed by atoms with E-state index >= 15 is 0 Å². The fourth-order valence-corrected chi connectivity index (χ4v) is 2.38. The third-order valence-electron chi connectivity index (χ3n) is 3.65. The number of carbonyl (C=O) groups is 2. The summed E-state index contributed by atoms with van der Waals surface area (Å²) in [5.74, 6) is -0.368. The summed E-state index contributed by atoms with van der Waals surface area (Å²) in [7, 11) is 1.29. The Morgan fingerprint density at radius 3 is 2.73 bits per heavy atom. The Morgan fingerprint density at radius 2 is 1.96 bits per heavy atom. The zero-order valence-corrected chi connectivity index (χ0v) is 14.0. The van der Waals surface area contributed by atoms with E-state index in [4.69, 9.17) is 4.42 Å². The van der Waals surface area contributed by atoms with Crippen LogP contribution in [0.15, 0.2) is 70.0 Å². The molecule has 0 saturated heterocycles. The number of methoxy groups -OCH3 is 1. The van der Waals surface area contributed by atoms with Crippen molar-refractivity contribution in [2.45, 2.75) is 6.54 Å². The summed E-state index contributed by atoms with van der Waals surface area (Å²) in [5.41, 5.74) is 0.610. The molecule has 7 nitrogen and oxygen atoms in total. The molecular formula is C19H16N2O5. The number of esters is 1. The first kappa shape index (κ1) is 17.2. The fourth-order valence-electron chi connectivity index (χ4n) is 2.38. The Kier molecular flexibility index (Phi) is 4.98. The van der Waals surface area contributed by atoms with Crippen LogP contribution in [0.2, 0.25) is 0 Å². The van der Waals surface area contributed by atoms with E-state index < -0.39 is 11.9 Å². The minimum Gasteiger partial charge on any atom is -0.465 e. The van der Waals surface area contributed by atoms with Gasteiger partial charge in [0.2, 0.25) is 0 Å². The summed E-state index contributed by atoms with van der Waals surface area (Å²) in [6, 6.07) is 14.4. The fraction of sp³-hybridized carbons (Fsp3) is 0.105. The van der Waals surface area contributed by atoms with Crippen molar-refractivity contribution in [3.8, 4) is 0 Å². The number of nitrogens with zero attached hydrogens (tertiary/aromatic N) is 1. The van der Waals surface area contributed by atoms with E-state index in [1.54, 1.807) is 42.6 Å². The maximum atomic E-state index is 12.3. The van der Waals surface area contributed by atoms with E-state index in [1.165, 1.54) is 29.9 Å². The van der Waals surface area contributed by atoms with Gasteiger partial charge in [0.25, 0.3) is 11.5 Å². The number of pyridine rings is 1. The van der Waals surface area contributed by atoms with Crippen molar-refractivity contribution in [2.24, 2.45) is 0 Å². The molecule has 0 atom stereocenters. The van der Waals surface area contributed by atoms with Gasteiger partial charge in [-0.15, -0.1) is 0 Å². The molecule has 0 fully saturated rings. The number of anilines is 1. The highest BCUT2D eigenvalue weighted by Crippen LogP contribution is 2.15. The molecule has 1 aromatic carbocycles. The lowest BCUT2D eigenvalue weighted by atomic mass is 10.2. The van der Waals surface area contributed by atoms with E-state index in [1.807, 2.05) is 0 Å². The first-order valence-corrected chi connectivity index (χ1v) is 7.81. The van der Waals surface area contributed by atoms with E-state index in [-0.39, 0.29) is 17.9 Å². The molecule has 1 N–H and O–H groups in total. The van der Waals surface area contributed by atoms with Crippen molar-refractivity contribution in [3.05, 3.63) is 88.2 Å². The van der Waals surface area contributed by atoms with Gasteiger partial charge in [-0.3, -0.25) is 9.59 Å². The molecule has 0 saturated carbocycles. The Bertz CT molecular complexity index is 1000. The second-order valence-electron chi connectivity index (χ2n) is 5.46. The molecular weight excluding hydrogens is 336 g/mol. The van der Waals surface area contributed by atoms with Crippen molar-refractivity contribution in [1.29, 1.82) is 0 Å². The van der Waals surface area contributed by atoms with Gasteiger partial charge >= 0.3 is 5.97 Å². The number of hydrogen-bond acceptors (Lipinski definition) is 5. The van der Waals surface area contributed by atoms with E-state index in [9.17, 15) is 14.4 Å². The third-order valence-corrected chi connectivity index (χ3v) is 3.65. The van der Waals surface area contributed by atoms with Gasteiger partial charge in [0.15, 0.2) is 5.76 Å². The summed E-state index contributed by atoms with van der Waals surface area (Å²) < 4.78 is 11.6. The lowest BCUT2D eigenvalue weighted by Gasteiger charge is -2.05. The Balaban J connectivity index is 1.71. The molecule has 2 heterocycles. The molecule has 0 radical (unpaired) electrons.